The lowest BCUT2D eigenvalue weighted by molar-refractivity contribution is 1.27. The van der Waals surface area contributed by atoms with Crippen LogP contribution in [0.25, 0.3) is 0 Å². The van der Waals surface area contributed by atoms with Crippen LogP contribution in [0.3, 0.4) is 0 Å². The molecule has 0 bridgehead atoms. The Morgan fingerprint density at radius 3 is 2.40 bits per heavy atom. The fraction of sp³-hybridized carbons (Fsp3) is 0.125. The molecule has 0 atom stereocenters. The summed E-state index contributed by atoms with van der Waals surface area (Å²) >= 11 is 0. The fourth-order valence-corrected chi connectivity index (χ4v) is 0.797. The number of hydrogen-bond acceptors (Lipinski definition) is 1. The maximum atomic E-state index is 8.34. The van der Waals surface area contributed by atoms with E-state index in [0.29, 0.717) is 6.42 Å². The van der Waals surface area contributed by atoms with Gasteiger partial charge in [-0.05, 0) is 5.56 Å². The molecule has 1 rings (SSSR count). The Bertz CT molecular complexity index is 245. The van der Waals surface area contributed by atoms with Crippen molar-refractivity contribution in [1.29, 1.82) is 5.26 Å². The molecule has 1 aromatic rings. The molecule has 0 aliphatic carbocycles. The third-order valence-corrected chi connectivity index (χ3v) is 1.40. The number of rotatable bonds is 1. The van der Waals surface area contributed by atoms with Crippen molar-refractivity contribution < 1.29 is 0 Å². The van der Waals surface area contributed by atoms with E-state index in [9.17, 15) is 0 Å². The normalized spacial score (nSPS) is 8.70. The SMILES string of the molecule is Bc1ccc(CC#N)cc1. The van der Waals surface area contributed by atoms with Crippen molar-refractivity contribution in [3.63, 3.8) is 0 Å². The first-order valence-corrected chi connectivity index (χ1v) is 3.25. The van der Waals surface area contributed by atoms with Gasteiger partial charge in [0.1, 0.15) is 7.85 Å². The number of nitrogens with zero attached hydrogens (tertiary/aromatic N) is 1. The second-order valence-corrected chi connectivity index (χ2v) is 2.32. The molecule has 0 saturated carbocycles. The van der Waals surface area contributed by atoms with E-state index in [0.717, 1.165) is 5.56 Å². The molecule has 10 heavy (non-hydrogen) atoms. The van der Waals surface area contributed by atoms with Gasteiger partial charge in [-0.25, -0.2) is 0 Å². The van der Waals surface area contributed by atoms with Gasteiger partial charge in [-0.15, -0.1) is 0 Å². The molecule has 0 fully saturated rings. The monoisotopic (exact) mass is 129 g/mol. The maximum absolute atomic E-state index is 8.34. The molecule has 0 heterocycles. The minimum absolute atomic E-state index is 0.514. The zero-order valence-electron chi connectivity index (χ0n) is 5.96. The summed E-state index contributed by atoms with van der Waals surface area (Å²) in [6.07, 6.45) is 0.514. The lowest BCUT2D eigenvalue weighted by Gasteiger charge is -1.93. The van der Waals surface area contributed by atoms with E-state index >= 15 is 0 Å². The second kappa shape index (κ2) is 3.07. The quantitative estimate of drug-likeness (QED) is 0.490. The van der Waals surface area contributed by atoms with Crippen LogP contribution >= 0.6 is 0 Å². The van der Waals surface area contributed by atoms with Crippen LogP contribution in [0.5, 0.6) is 0 Å². The Morgan fingerprint density at radius 1 is 1.30 bits per heavy atom. The third kappa shape index (κ3) is 1.63. The first kappa shape index (κ1) is 6.89. The summed E-state index contributed by atoms with van der Waals surface area (Å²) in [7, 11) is 2.04. The van der Waals surface area contributed by atoms with Crippen LogP contribution in [0.15, 0.2) is 24.3 Å². The molecule has 2 heteroatoms. The zero-order valence-corrected chi connectivity index (χ0v) is 5.96. The van der Waals surface area contributed by atoms with Gasteiger partial charge < -0.3 is 0 Å². The highest BCUT2D eigenvalue weighted by Crippen LogP contribution is 1.95. The summed E-state index contributed by atoms with van der Waals surface area (Å²) in [6.45, 7) is 0. The maximum Gasteiger partial charge on any atom is 0.139 e. The number of benzene rings is 1. The van der Waals surface area contributed by atoms with Crippen molar-refractivity contribution in [3.05, 3.63) is 29.8 Å². The van der Waals surface area contributed by atoms with Gasteiger partial charge in [0.15, 0.2) is 0 Å². The molecule has 0 radical (unpaired) electrons. The van der Waals surface area contributed by atoms with Crippen LogP contribution < -0.4 is 5.46 Å². The average molecular weight is 129 g/mol. The summed E-state index contributed by atoms with van der Waals surface area (Å²) in [6, 6.07) is 10.1. The predicted octanol–water partition coefficient (Wildman–Crippen LogP) is 0.0111. The molecule has 0 aliphatic heterocycles. The van der Waals surface area contributed by atoms with Crippen molar-refractivity contribution in [1.82, 2.24) is 0 Å². The minimum Gasteiger partial charge on any atom is -0.198 e. The lowest BCUT2D eigenvalue weighted by atomic mass is 9.95. The van der Waals surface area contributed by atoms with Crippen molar-refractivity contribution in [2.45, 2.75) is 6.42 Å². The van der Waals surface area contributed by atoms with Crippen molar-refractivity contribution in [3.8, 4) is 6.07 Å². The van der Waals surface area contributed by atoms with Crippen LogP contribution in [0.1, 0.15) is 5.56 Å². The molecule has 0 amide bonds. The molecular weight excluding hydrogens is 121 g/mol. The van der Waals surface area contributed by atoms with Crippen LogP contribution in [0.2, 0.25) is 0 Å². The van der Waals surface area contributed by atoms with E-state index < -0.39 is 0 Å². The summed E-state index contributed by atoms with van der Waals surface area (Å²) < 4.78 is 0. The molecule has 0 aliphatic rings. The van der Waals surface area contributed by atoms with E-state index in [1.54, 1.807) is 0 Å². The van der Waals surface area contributed by atoms with Gasteiger partial charge in [0.05, 0.1) is 12.5 Å². The molecule has 0 unspecified atom stereocenters. The molecule has 0 spiro atoms. The molecular formula is C8H8BN. The molecule has 48 valence electrons. The van der Waals surface area contributed by atoms with Gasteiger partial charge >= 0.3 is 0 Å². The van der Waals surface area contributed by atoms with E-state index in [-0.39, 0.29) is 0 Å². The van der Waals surface area contributed by atoms with Crippen LogP contribution in [0.4, 0.5) is 0 Å². The third-order valence-electron chi connectivity index (χ3n) is 1.40. The number of hydrogen-bond donors (Lipinski definition) is 0. The van der Waals surface area contributed by atoms with Crippen LogP contribution in [0, 0.1) is 11.3 Å². The highest BCUT2D eigenvalue weighted by molar-refractivity contribution is 6.32. The van der Waals surface area contributed by atoms with Gasteiger partial charge in [0.25, 0.3) is 0 Å². The highest BCUT2D eigenvalue weighted by atomic mass is 14.2. The second-order valence-electron chi connectivity index (χ2n) is 2.32. The molecule has 0 saturated heterocycles. The topological polar surface area (TPSA) is 23.8 Å². The van der Waals surface area contributed by atoms with E-state index in [4.69, 9.17) is 5.26 Å². The standard InChI is InChI=1S/C8H8BN/c9-8-3-1-7(2-4-8)5-6-10/h1-4H,5,9H2. The Labute approximate surface area is 61.7 Å². The lowest BCUT2D eigenvalue weighted by Crippen LogP contribution is -1.99. The van der Waals surface area contributed by atoms with Gasteiger partial charge in [0, 0.05) is 0 Å². The first-order chi connectivity index (χ1) is 4.83. The Balaban J connectivity index is 2.81. The summed E-state index contributed by atoms with van der Waals surface area (Å²) in [5.74, 6) is 0. The van der Waals surface area contributed by atoms with Gasteiger partial charge in [-0.1, -0.05) is 29.7 Å². The van der Waals surface area contributed by atoms with Crippen LogP contribution in [-0.4, -0.2) is 7.85 Å². The van der Waals surface area contributed by atoms with E-state index in [1.165, 1.54) is 5.46 Å². The molecule has 0 aromatic heterocycles. The minimum atomic E-state index is 0.514. The van der Waals surface area contributed by atoms with Gasteiger partial charge in [-0.3, -0.25) is 0 Å². The molecule has 0 N–H and O–H groups in total. The Morgan fingerprint density at radius 2 is 1.90 bits per heavy atom. The average Bonchev–Trinajstić information content (AvgIpc) is 1.95. The van der Waals surface area contributed by atoms with Gasteiger partial charge in [-0.2, -0.15) is 5.26 Å². The summed E-state index contributed by atoms with van der Waals surface area (Å²) in [5, 5.41) is 8.34. The fourth-order valence-electron chi connectivity index (χ4n) is 0.797. The smallest absolute Gasteiger partial charge is 0.139 e. The van der Waals surface area contributed by atoms with Crippen molar-refractivity contribution >= 4 is 13.3 Å². The Hall–Kier alpha value is -1.23. The first-order valence-electron chi connectivity index (χ1n) is 3.25. The van der Waals surface area contributed by atoms with E-state index in [1.807, 2.05) is 32.1 Å². The zero-order chi connectivity index (χ0) is 7.40. The highest BCUT2D eigenvalue weighted by Gasteiger charge is 1.88. The number of nitriles is 1. The van der Waals surface area contributed by atoms with Crippen molar-refractivity contribution in [2.75, 3.05) is 0 Å². The van der Waals surface area contributed by atoms with Crippen molar-refractivity contribution in [2.24, 2.45) is 0 Å². The predicted molar refractivity (Wildman–Crippen MR) is 43.9 cm³/mol. The van der Waals surface area contributed by atoms with Crippen LogP contribution in [-0.2, 0) is 6.42 Å². The molecule has 1 aromatic carbocycles. The largest absolute Gasteiger partial charge is 0.198 e. The summed E-state index contributed by atoms with van der Waals surface area (Å²) in [4.78, 5) is 0. The molecule has 1 nitrogen and oxygen atoms in total. The van der Waals surface area contributed by atoms with Gasteiger partial charge in [0.2, 0.25) is 0 Å². The van der Waals surface area contributed by atoms with E-state index in [2.05, 4.69) is 6.07 Å². The Kier molecular flexibility index (Phi) is 2.12. The summed E-state index contributed by atoms with van der Waals surface area (Å²) in [5.41, 5.74) is 2.33.